The molecule has 0 radical (unpaired) electrons. The van der Waals surface area contributed by atoms with Gasteiger partial charge in [0.15, 0.2) is 11.5 Å². The third-order valence-corrected chi connectivity index (χ3v) is 6.18. The number of methoxy groups -OCH3 is 2. The Morgan fingerprint density at radius 2 is 1.76 bits per heavy atom. The highest BCUT2D eigenvalue weighted by molar-refractivity contribution is 7.11. The van der Waals surface area contributed by atoms with Crippen LogP contribution in [0.1, 0.15) is 4.88 Å². The fraction of sp³-hybridized carbons (Fsp3) is 0.167. The second-order valence-electron chi connectivity index (χ2n) is 7.19. The van der Waals surface area contributed by atoms with Gasteiger partial charge in [-0.3, -0.25) is 9.59 Å². The zero-order valence-electron chi connectivity index (χ0n) is 17.9. The third-order valence-electron chi connectivity index (χ3n) is 5.29. The fourth-order valence-electron chi connectivity index (χ4n) is 3.75. The van der Waals surface area contributed by atoms with Gasteiger partial charge in [-0.1, -0.05) is 6.07 Å². The normalized spacial score (nSPS) is 15.2. The predicted molar refractivity (Wildman–Crippen MR) is 124 cm³/mol. The van der Waals surface area contributed by atoms with Crippen molar-refractivity contribution in [2.45, 2.75) is 0 Å². The van der Waals surface area contributed by atoms with Crippen molar-refractivity contribution in [3.63, 3.8) is 0 Å². The molecule has 0 saturated carbocycles. The largest absolute Gasteiger partial charge is 0.497 e. The summed E-state index contributed by atoms with van der Waals surface area (Å²) in [5.41, 5.74) is 1.41. The van der Waals surface area contributed by atoms with Crippen molar-refractivity contribution in [1.82, 2.24) is 0 Å². The molecule has 0 atom stereocenters. The number of carbonyl (C=O) groups is 2. The molecule has 8 nitrogen and oxygen atoms in total. The summed E-state index contributed by atoms with van der Waals surface area (Å²) >= 11 is 1.38. The molecular weight excluding hydrogens is 444 g/mol. The van der Waals surface area contributed by atoms with Crippen LogP contribution in [0.3, 0.4) is 0 Å². The zero-order valence-corrected chi connectivity index (χ0v) is 18.7. The molecule has 0 spiro atoms. The lowest BCUT2D eigenvalue weighted by Crippen LogP contribution is -2.32. The van der Waals surface area contributed by atoms with Gasteiger partial charge in [-0.2, -0.15) is 0 Å². The molecule has 1 aromatic heterocycles. The molecule has 0 fully saturated rings. The predicted octanol–water partition coefficient (Wildman–Crippen LogP) is 3.93. The molecule has 9 heteroatoms. The van der Waals surface area contributed by atoms with Crippen molar-refractivity contribution in [2.75, 3.05) is 37.7 Å². The lowest BCUT2D eigenvalue weighted by Gasteiger charge is -2.20. The van der Waals surface area contributed by atoms with Crippen molar-refractivity contribution < 1.29 is 28.5 Å². The van der Waals surface area contributed by atoms with Gasteiger partial charge in [0, 0.05) is 22.7 Å². The molecule has 0 unspecified atom stereocenters. The van der Waals surface area contributed by atoms with E-state index in [1.165, 1.54) is 25.6 Å². The number of thiophene rings is 1. The Labute approximate surface area is 193 Å². The summed E-state index contributed by atoms with van der Waals surface area (Å²) in [4.78, 5) is 28.9. The number of rotatable bonds is 6. The van der Waals surface area contributed by atoms with E-state index in [-0.39, 0.29) is 5.70 Å². The molecule has 0 bridgehead atoms. The first kappa shape index (κ1) is 20.9. The molecule has 5 rings (SSSR count). The second kappa shape index (κ2) is 8.51. The van der Waals surface area contributed by atoms with Gasteiger partial charge in [-0.25, -0.2) is 4.90 Å². The quantitative estimate of drug-likeness (QED) is 0.553. The summed E-state index contributed by atoms with van der Waals surface area (Å²) in [6.45, 7) is 0.932. The number of hydrogen-bond acceptors (Lipinski definition) is 8. The Morgan fingerprint density at radius 3 is 2.48 bits per heavy atom. The summed E-state index contributed by atoms with van der Waals surface area (Å²) < 4.78 is 21.9. The van der Waals surface area contributed by atoms with E-state index in [4.69, 9.17) is 18.9 Å². The van der Waals surface area contributed by atoms with E-state index in [9.17, 15) is 9.59 Å². The van der Waals surface area contributed by atoms with Gasteiger partial charge in [0.05, 0.1) is 25.5 Å². The van der Waals surface area contributed by atoms with Gasteiger partial charge in [-0.05, 0) is 35.7 Å². The van der Waals surface area contributed by atoms with Crippen molar-refractivity contribution in [2.24, 2.45) is 0 Å². The molecule has 168 valence electrons. The summed E-state index contributed by atoms with van der Waals surface area (Å²) in [5, 5.41) is 5.00. The SMILES string of the molecule is COc1ccc(N2C(=O)C(Nc3ccc4c(c3)OCCO4)=C(c3cccs3)C2=O)c(OC)c1. The summed E-state index contributed by atoms with van der Waals surface area (Å²) in [5.74, 6) is 1.19. The number of hydrogen-bond donors (Lipinski definition) is 1. The fourth-order valence-corrected chi connectivity index (χ4v) is 4.52. The molecule has 3 heterocycles. The zero-order chi connectivity index (χ0) is 22.9. The molecule has 0 aliphatic carbocycles. The average Bonchev–Trinajstić information content (AvgIpc) is 3.45. The Morgan fingerprint density at radius 1 is 0.939 bits per heavy atom. The lowest BCUT2D eigenvalue weighted by atomic mass is 10.1. The number of fused-ring (bicyclic) bond motifs is 1. The van der Waals surface area contributed by atoms with Gasteiger partial charge in [0.1, 0.15) is 30.4 Å². The first-order valence-electron chi connectivity index (χ1n) is 10.2. The number of anilines is 2. The van der Waals surface area contributed by atoms with Crippen molar-refractivity contribution in [3.05, 3.63) is 64.5 Å². The van der Waals surface area contributed by atoms with Crippen LogP contribution in [0.5, 0.6) is 23.0 Å². The highest BCUT2D eigenvalue weighted by Gasteiger charge is 2.42. The molecule has 2 amide bonds. The minimum Gasteiger partial charge on any atom is -0.497 e. The highest BCUT2D eigenvalue weighted by Crippen LogP contribution is 2.41. The first-order valence-corrected chi connectivity index (χ1v) is 11.0. The second-order valence-corrected chi connectivity index (χ2v) is 8.14. The molecule has 1 N–H and O–H groups in total. The van der Waals surface area contributed by atoms with Gasteiger partial charge >= 0.3 is 0 Å². The van der Waals surface area contributed by atoms with Gasteiger partial charge in [-0.15, -0.1) is 11.3 Å². The number of carbonyl (C=O) groups excluding carboxylic acids is 2. The van der Waals surface area contributed by atoms with Crippen LogP contribution in [0.4, 0.5) is 11.4 Å². The Bertz CT molecular complexity index is 1270. The summed E-state index contributed by atoms with van der Waals surface area (Å²) in [7, 11) is 3.01. The van der Waals surface area contributed by atoms with Crippen LogP contribution in [0.15, 0.2) is 59.6 Å². The van der Waals surface area contributed by atoms with Crippen LogP contribution in [0.2, 0.25) is 0 Å². The number of amides is 2. The van der Waals surface area contributed by atoms with E-state index in [1.54, 1.807) is 36.4 Å². The Hall–Kier alpha value is -3.98. The van der Waals surface area contributed by atoms with Gasteiger partial charge in [0.25, 0.3) is 11.8 Å². The van der Waals surface area contributed by atoms with E-state index in [2.05, 4.69) is 5.32 Å². The first-order chi connectivity index (χ1) is 16.1. The maximum Gasteiger partial charge on any atom is 0.282 e. The minimum absolute atomic E-state index is 0.178. The molecule has 33 heavy (non-hydrogen) atoms. The van der Waals surface area contributed by atoms with Crippen LogP contribution in [-0.2, 0) is 9.59 Å². The number of nitrogens with one attached hydrogen (secondary N) is 1. The molecule has 2 aromatic carbocycles. The number of ether oxygens (including phenoxy) is 4. The van der Waals surface area contributed by atoms with E-state index >= 15 is 0 Å². The number of nitrogens with zero attached hydrogens (tertiary/aromatic N) is 1. The van der Waals surface area contributed by atoms with Crippen molar-refractivity contribution in [3.8, 4) is 23.0 Å². The Kier molecular flexibility index (Phi) is 5.39. The van der Waals surface area contributed by atoms with E-state index in [0.717, 1.165) is 4.90 Å². The Balaban J connectivity index is 1.56. The molecule has 0 saturated heterocycles. The maximum atomic E-state index is 13.6. The smallest absolute Gasteiger partial charge is 0.282 e. The van der Waals surface area contributed by atoms with Gasteiger partial charge in [0.2, 0.25) is 0 Å². The maximum absolute atomic E-state index is 13.6. The standard InChI is InChI=1S/C24H20N2O6S/c1-29-15-6-7-16(18(13-15)30-2)26-23(27)21(20-4-3-11-33-20)22(24(26)28)25-14-5-8-17-19(12-14)32-10-9-31-17/h3-8,11-13,25H,9-10H2,1-2H3. The van der Waals surface area contributed by atoms with E-state index in [1.807, 2.05) is 17.5 Å². The van der Waals surface area contributed by atoms with Crippen LogP contribution < -0.4 is 29.2 Å². The molecular formula is C24H20N2O6S. The average molecular weight is 464 g/mol. The number of imide groups is 1. The number of benzene rings is 2. The van der Waals surface area contributed by atoms with E-state index < -0.39 is 11.8 Å². The molecule has 2 aliphatic rings. The molecule has 2 aliphatic heterocycles. The third kappa shape index (κ3) is 3.66. The molecule has 3 aromatic rings. The monoisotopic (exact) mass is 464 g/mol. The van der Waals surface area contributed by atoms with Crippen LogP contribution in [0, 0.1) is 0 Å². The highest BCUT2D eigenvalue weighted by atomic mass is 32.1. The van der Waals surface area contributed by atoms with Crippen molar-refractivity contribution in [1.29, 1.82) is 0 Å². The summed E-state index contributed by atoms with van der Waals surface area (Å²) in [6, 6.07) is 13.9. The minimum atomic E-state index is -0.484. The van der Waals surface area contributed by atoms with Crippen LogP contribution >= 0.6 is 11.3 Å². The van der Waals surface area contributed by atoms with E-state index in [0.29, 0.717) is 58.0 Å². The van der Waals surface area contributed by atoms with Crippen molar-refractivity contribution >= 4 is 40.1 Å². The summed E-state index contributed by atoms with van der Waals surface area (Å²) in [6.07, 6.45) is 0. The topological polar surface area (TPSA) is 86.3 Å². The van der Waals surface area contributed by atoms with Crippen LogP contribution in [0.25, 0.3) is 5.57 Å². The van der Waals surface area contributed by atoms with Gasteiger partial charge < -0.3 is 24.3 Å². The van der Waals surface area contributed by atoms with Crippen LogP contribution in [-0.4, -0.2) is 39.2 Å². The lowest BCUT2D eigenvalue weighted by molar-refractivity contribution is -0.120.